The van der Waals surface area contributed by atoms with Gasteiger partial charge >= 0.3 is 6.18 Å². The van der Waals surface area contributed by atoms with Crippen LogP contribution in [0.5, 0.6) is 0 Å². The maximum Gasteiger partial charge on any atom is 0.416 e. The maximum absolute atomic E-state index is 12.3. The second-order valence-electron chi connectivity index (χ2n) is 4.84. The molecule has 0 spiro atoms. The number of β-amino-alcohol motifs (C(OH)–C–C–N with tert-alkyl or cyclic N) is 1. The van der Waals surface area contributed by atoms with E-state index in [1.165, 1.54) is 12.1 Å². The van der Waals surface area contributed by atoms with E-state index in [4.69, 9.17) is 0 Å². The lowest BCUT2D eigenvalue weighted by Crippen LogP contribution is -2.59. The first kappa shape index (κ1) is 12.4. The van der Waals surface area contributed by atoms with Gasteiger partial charge in [0.1, 0.15) is 0 Å². The summed E-state index contributed by atoms with van der Waals surface area (Å²) >= 11 is 0. The molecule has 0 aliphatic carbocycles. The minimum atomic E-state index is -4.28. The van der Waals surface area contributed by atoms with Crippen LogP contribution < -0.4 is 0 Å². The van der Waals surface area contributed by atoms with Gasteiger partial charge in [0.05, 0.1) is 11.2 Å². The molecule has 94 valence electrons. The zero-order chi connectivity index (χ0) is 12.7. The third-order valence-electron chi connectivity index (χ3n) is 2.82. The molecule has 17 heavy (non-hydrogen) atoms. The Labute approximate surface area is 97.7 Å². The molecule has 1 aromatic rings. The van der Waals surface area contributed by atoms with Crippen molar-refractivity contribution in [2.45, 2.75) is 25.2 Å². The third kappa shape index (κ3) is 2.98. The van der Waals surface area contributed by atoms with Crippen molar-refractivity contribution in [2.24, 2.45) is 0 Å². The second kappa shape index (κ2) is 3.99. The standard InChI is InChI=1S/C12H14F3NO/c1-11(17)7-16(8-11)6-9-2-4-10(5-3-9)12(13,14)15/h2-5,17H,6-8H2,1H3. The first-order valence-corrected chi connectivity index (χ1v) is 5.37. The molecule has 1 fully saturated rings. The zero-order valence-corrected chi connectivity index (χ0v) is 9.46. The van der Waals surface area contributed by atoms with Gasteiger partial charge in [-0.25, -0.2) is 0 Å². The highest BCUT2D eigenvalue weighted by Crippen LogP contribution is 2.29. The maximum atomic E-state index is 12.3. The Morgan fingerprint density at radius 1 is 1.24 bits per heavy atom. The third-order valence-corrected chi connectivity index (χ3v) is 2.82. The SMILES string of the molecule is CC1(O)CN(Cc2ccc(C(F)(F)F)cc2)C1. The highest BCUT2D eigenvalue weighted by Gasteiger charge is 2.36. The fourth-order valence-corrected chi connectivity index (χ4v) is 2.09. The number of nitrogens with zero attached hydrogens (tertiary/aromatic N) is 1. The van der Waals surface area contributed by atoms with Crippen LogP contribution >= 0.6 is 0 Å². The quantitative estimate of drug-likeness (QED) is 0.864. The lowest BCUT2D eigenvalue weighted by molar-refractivity contribution is -0.137. The predicted octanol–water partition coefficient (Wildman–Crippen LogP) is 2.27. The molecular formula is C12H14F3NO. The normalized spacial score (nSPS) is 20.1. The Balaban J connectivity index is 1.96. The van der Waals surface area contributed by atoms with Crippen molar-refractivity contribution in [1.29, 1.82) is 0 Å². The number of likely N-dealkylation sites (tertiary alicyclic amines) is 1. The van der Waals surface area contributed by atoms with E-state index in [1.807, 2.05) is 4.90 Å². The van der Waals surface area contributed by atoms with Gasteiger partial charge in [0.15, 0.2) is 0 Å². The molecular weight excluding hydrogens is 231 g/mol. The molecule has 1 heterocycles. The average Bonchev–Trinajstić information content (AvgIpc) is 2.14. The number of aliphatic hydroxyl groups is 1. The highest BCUT2D eigenvalue weighted by molar-refractivity contribution is 5.24. The summed E-state index contributed by atoms with van der Waals surface area (Å²) in [4.78, 5) is 1.99. The van der Waals surface area contributed by atoms with Crippen molar-refractivity contribution in [3.63, 3.8) is 0 Å². The lowest BCUT2D eigenvalue weighted by atomic mass is 9.96. The summed E-state index contributed by atoms with van der Waals surface area (Å²) in [6.45, 7) is 3.45. The van der Waals surface area contributed by atoms with Crippen LogP contribution in [-0.4, -0.2) is 28.7 Å². The van der Waals surface area contributed by atoms with Crippen molar-refractivity contribution < 1.29 is 18.3 Å². The molecule has 0 bridgehead atoms. The van der Waals surface area contributed by atoms with Crippen LogP contribution in [0.2, 0.25) is 0 Å². The van der Waals surface area contributed by atoms with E-state index in [1.54, 1.807) is 6.92 Å². The van der Waals surface area contributed by atoms with E-state index in [0.29, 0.717) is 19.6 Å². The van der Waals surface area contributed by atoms with Crippen molar-refractivity contribution in [3.05, 3.63) is 35.4 Å². The fraction of sp³-hybridized carbons (Fsp3) is 0.500. The molecule has 0 radical (unpaired) electrons. The van der Waals surface area contributed by atoms with Crippen LogP contribution in [-0.2, 0) is 12.7 Å². The van der Waals surface area contributed by atoms with E-state index < -0.39 is 17.3 Å². The summed E-state index contributed by atoms with van der Waals surface area (Å²) in [5, 5.41) is 9.52. The first-order valence-electron chi connectivity index (χ1n) is 5.37. The van der Waals surface area contributed by atoms with Gasteiger partial charge in [-0.05, 0) is 24.6 Å². The molecule has 1 N–H and O–H groups in total. The molecule has 1 aromatic carbocycles. The summed E-state index contributed by atoms with van der Waals surface area (Å²) in [5.41, 5.74) is -0.448. The summed E-state index contributed by atoms with van der Waals surface area (Å²) in [5.74, 6) is 0. The molecule has 5 heteroatoms. The molecule has 0 amide bonds. The minimum absolute atomic E-state index is 0.564. The first-order chi connectivity index (χ1) is 7.76. The number of benzene rings is 1. The molecule has 0 unspecified atom stereocenters. The van der Waals surface area contributed by atoms with Crippen LogP contribution in [0.25, 0.3) is 0 Å². The van der Waals surface area contributed by atoms with Crippen LogP contribution in [0, 0.1) is 0 Å². The fourth-order valence-electron chi connectivity index (χ4n) is 2.09. The van der Waals surface area contributed by atoms with E-state index in [0.717, 1.165) is 17.7 Å². The van der Waals surface area contributed by atoms with Crippen LogP contribution in [0.4, 0.5) is 13.2 Å². The lowest BCUT2D eigenvalue weighted by Gasteiger charge is -2.44. The summed E-state index contributed by atoms with van der Waals surface area (Å²) in [6, 6.07) is 5.15. The molecule has 1 saturated heterocycles. The van der Waals surface area contributed by atoms with E-state index in [-0.39, 0.29) is 0 Å². The van der Waals surface area contributed by atoms with E-state index in [9.17, 15) is 18.3 Å². The monoisotopic (exact) mass is 245 g/mol. The Bertz CT molecular complexity index is 389. The van der Waals surface area contributed by atoms with Gasteiger partial charge in [0.2, 0.25) is 0 Å². The van der Waals surface area contributed by atoms with Gasteiger partial charge in [-0.3, -0.25) is 4.90 Å². The second-order valence-corrected chi connectivity index (χ2v) is 4.84. The molecule has 2 nitrogen and oxygen atoms in total. The topological polar surface area (TPSA) is 23.5 Å². The van der Waals surface area contributed by atoms with E-state index in [2.05, 4.69) is 0 Å². The van der Waals surface area contributed by atoms with Crippen LogP contribution in [0.1, 0.15) is 18.1 Å². The molecule has 1 aliphatic heterocycles. The minimum Gasteiger partial charge on any atom is -0.388 e. The molecule has 0 saturated carbocycles. The largest absolute Gasteiger partial charge is 0.416 e. The molecule has 2 rings (SSSR count). The number of alkyl halides is 3. The van der Waals surface area contributed by atoms with Gasteiger partial charge in [-0.1, -0.05) is 12.1 Å². The molecule has 0 atom stereocenters. The van der Waals surface area contributed by atoms with Gasteiger partial charge in [0, 0.05) is 19.6 Å². The highest BCUT2D eigenvalue weighted by atomic mass is 19.4. The van der Waals surface area contributed by atoms with Crippen molar-refractivity contribution >= 4 is 0 Å². The van der Waals surface area contributed by atoms with E-state index >= 15 is 0 Å². The molecule has 0 aromatic heterocycles. The van der Waals surface area contributed by atoms with Crippen LogP contribution in [0.3, 0.4) is 0 Å². The van der Waals surface area contributed by atoms with Gasteiger partial charge in [-0.15, -0.1) is 0 Å². The van der Waals surface area contributed by atoms with Crippen LogP contribution in [0.15, 0.2) is 24.3 Å². The predicted molar refractivity (Wildman–Crippen MR) is 57.3 cm³/mol. The van der Waals surface area contributed by atoms with Gasteiger partial charge in [0.25, 0.3) is 0 Å². The number of hydrogen-bond donors (Lipinski definition) is 1. The smallest absolute Gasteiger partial charge is 0.388 e. The number of hydrogen-bond acceptors (Lipinski definition) is 2. The van der Waals surface area contributed by atoms with Crippen molar-refractivity contribution in [3.8, 4) is 0 Å². The Morgan fingerprint density at radius 3 is 2.18 bits per heavy atom. The van der Waals surface area contributed by atoms with Crippen molar-refractivity contribution in [1.82, 2.24) is 4.90 Å². The Hall–Kier alpha value is -1.07. The number of rotatable bonds is 2. The van der Waals surface area contributed by atoms with Gasteiger partial charge < -0.3 is 5.11 Å². The summed E-state index contributed by atoms with van der Waals surface area (Å²) in [6.07, 6.45) is -4.28. The Morgan fingerprint density at radius 2 is 1.76 bits per heavy atom. The number of halogens is 3. The summed E-state index contributed by atoms with van der Waals surface area (Å²) < 4.78 is 37.0. The van der Waals surface area contributed by atoms with Crippen molar-refractivity contribution in [2.75, 3.05) is 13.1 Å². The Kier molecular flexibility index (Phi) is 2.91. The summed E-state index contributed by atoms with van der Waals surface area (Å²) in [7, 11) is 0. The van der Waals surface area contributed by atoms with Gasteiger partial charge in [-0.2, -0.15) is 13.2 Å². The zero-order valence-electron chi connectivity index (χ0n) is 9.46. The average molecular weight is 245 g/mol. The molecule has 1 aliphatic rings.